The number of halogens is 3. The van der Waals surface area contributed by atoms with Crippen LogP contribution in [0.2, 0.25) is 0 Å². The molecule has 2 aromatic carbocycles. The van der Waals surface area contributed by atoms with Crippen molar-refractivity contribution in [3.05, 3.63) is 65.6 Å². The summed E-state index contributed by atoms with van der Waals surface area (Å²) in [6.45, 7) is 0. The second-order valence-corrected chi connectivity index (χ2v) is 8.81. The lowest BCUT2D eigenvalue weighted by atomic mass is 9.99. The molecule has 0 saturated heterocycles. The fourth-order valence-corrected chi connectivity index (χ4v) is 5.37. The largest absolute Gasteiger partial charge is 0.289 e. The number of hydrogen-bond donors (Lipinski definition) is 0. The standard InChI is InChI=1S/C15H7Br3OS/c16-12-6-5-10(8-3-1-2-4-9(8)12)14(19)11-7-13(17)20-15(11)18/h1-7H. The van der Waals surface area contributed by atoms with Crippen molar-refractivity contribution in [2.24, 2.45) is 0 Å². The van der Waals surface area contributed by atoms with Crippen molar-refractivity contribution in [2.45, 2.75) is 0 Å². The Kier molecular flexibility index (Phi) is 4.13. The van der Waals surface area contributed by atoms with Crippen molar-refractivity contribution in [1.82, 2.24) is 0 Å². The van der Waals surface area contributed by atoms with Crippen LogP contribution in [0.15, 0.2) is 54.5 Å². The summed E-state index contributed by atoms with van der Waals surface area (Å²) in [5.74, 6) is 0.0301. The van der Waals surface area contributed by atoms with Gasteiger partial charge in [-0.15, -0.1) is 11.3 Å². The number of ketones is 1. The molecule has 1 aromatic heterocycles. The summed E-state index contributed by atoms with van der Waals surface area (Å²) in [4.78, 5) is 12.7. The third-order valence-electron chi connectivity index (χ3n) is 3.02. The van der Waals surface area contributed by atoms with Gasteiger partial charge in [0.25, 0.3) is 0 Å². The molecule has 0 unspecified atom stereocenters. The van der Waals surface area contributed by atoms with Crippen molar-refractivity contribution in [3.8, 4) is 0 Å². The van der Waals surface area contributed by atoms with E-state index in [2.05, 4.69) is 47.8 Å². The molecule has 0 saturated carbocycles. The fourth-order valence-electron chi connectivity index (χ4n) is 2.10. The highest BCUT2D eigenvalue weighted by Gasteiger charge is 2.18. The van der Waals surface area contributed by atoms with E-state index in [9.17, 15) is 4.79 Å². The van der Waals surface area contributed by atoms with Gasteiger partial charge in [0.15, 0.2) is 5.78 Å². The van der Waals surface area contributed by atoms with E-state index in [0.29, 0.717) is 5.56 Å². The molecule has 1 heterocycles. The molecular weight excluding hydrogens is 468 g/mol. The van der Waals surface area contributed by atoms with E-state index >= 15 is 0 Å². The molecule has 0 aliphatic carbocycles. The van der Waals surface area contributed by atoms with Crippen LogP contribution >= 0.6 is 59.1 Å². The van der Waals surface area contributed by atoms with E-state index in [-0.39, 0.29) is 5.78 Å². The lowest BCUT2D eigenvalue weighted by molar-refractivity contribution is 0.104. The fraction of sp³-hybridized carbons (Fsp3) is 0. The molecule has 0 aliphatic heterocycles. The lowest BCUT2D eigenvalue weighted by Gasteiger charge is -2.07. The van der Waals surface area contributed by atoms with Gasteiger partial charge in [-0.3, -0.25) is 4.79 Å². The summed E-state index contributed by atoms with van der Waals surface area (Å²) in [6.07, 6.45) is 0. The van der Waals surface area contributed by atoms with Crippen LogP contribution < -0.4 is 0 Å². The first kappa shape index (κ1) is 14.4. The van der Waals surface area contributed by atoms with E-state index in [1.165, 1.54) is 11.3 Å². The minimum atomic E-state index is 0.0301. The normalized spacial score (nSPS) is 10.9. The molecule has 100 valence electrons. The first-order chi connectivity index (χ1) is 9.58. The summed E-state index contributed by atoms with van der Waals surface area (Å²) >= 11 is 11.9. The SMILES string of the molecule is O=C(c1cc(Br)sc1Br)c1ccc(Br)c2ccccc12. The highest BCUT2D eigenvalue weighted by atomic mass is 79.9. The van der Waals surface area contributed by atoms with Crippen LogP contribution in [0.1, 0.15) is 15.9 Å². The second-order valence-electron chi connectivity index (χ2n) is 4.21. The monoisotopic (exact) mass is 472 g/mol. The zero-order valence-electron chi connectivity index (χ0n) is 9.99. The Morgan fingerprint density at radius 2 is 1.60 bits per heavy atom. The van der Waals surface area contributed by atoms with Crippen molar-refractivity contribution in [2.75, 3.05) is 0 Å². The maximum atomic E-state index is 12.7. The van der Waals surface area contributed by atoms with Crippen molar-refractivity contribution in [1.29, 1.82) is 0 Å². The molecule has 5 heteroatoms. The van der Waals surface area contributed by atoms with Gasteiger partial charge in [0.1, 0.15) is 0 Å². The predicted octanol–water partition coefficient (Wildman–Crippen LogP) is 6.42. The first-order valence-electron chi connectivity index (χ1n) is 5.74. The van der Waals surface area contributed by atoms with Crippen LogP contribution in [-0.4, -0.2) is 5.78 Å². The third kappa shape index (κ3) is 2.52. The number of carbonyl (C=O) groups is 1. The Bertz CT molecular complexity index is 823. The smallest absolute Gasteiger partial charge is 0.195 e. The molecule has 0 radical (unpaired) electrons. The van der Waals surface area contributed by atoms with Gasteiger partial charge in [0.05, 0.1) is 7.57 Å². The molecule has 1 nitrogen and oxygen atoms in total. The van der Waals surface area contributed by atoms with E-state index in [0.717, 1.165) is 28.4 Å². The number of carbonyl (C=O) groups excluding carboxylic acids is 1. The molecule has 0 aliphatic rings. The zero-order chi connectivity index (χ0) is 14.3. The van der Waals surface area contributed by atoms with E-state index in [1.54, 1.807) is 0 Å². The van der Waals surface area contributed by atoms with Gasteiger partial charge in [-0.2, -0.15) is 0 Å². The highest BCUT2D eigenvalue weighted by molar-refractivity contribution is 9.12. The lowest BCUT2D eigenvalue weighted by Crippen LogP contribution is -2.01. The summed E-state index contributed by atoms with van der Waals surface area (Å²) in [6, 6.07) is 13.5. The van der Waals surface area contributed by atoms with Crippen molar-refractivity contribution in [3.63, 3.8) is 0 Å². The average Bonchev–Trinajstić information content (AvgIpc) is 2.78. The molecule has 0 fully saturated rings. The van der Waals surface area contributed by atoms with Gasteiger partial charge >= 0.3 is 0 Å². The Balaban J connectivity index is 2.23. The Labute approximate surface area is 145 Å². The van der Waals surface area contributed by atoms with Crippen LogP contribution in [0.4, 0.5) is 0 Å². The summed E-state index contributed by atoms with van der Waals surface area (Å²) in [7, 11) is 0. The number of hydrogen-bond acceptors (Lipinski definition) is 2. The third-order valence-corrected chi connectivity index (χ3v) is 6.05. The second kappa shape index (κ2) is 5.72. The minimum Gasteiger partial charge on any atom is -0.289 e. The summed E-state index contributed by atoms with van der Waals surface area (Å²) in [5, 5.41) is 2.00. The van der Waals surface area contributed by atoms with Crippen molar-refractivity contribution < 1.29 is 4.79 Å². The van der Waals surface area contributed by atoms with Crippen LogP contribution in [0.3, 0.4) is 0 Å². The summed E-state index contributed by atoms with van der Waals surface area (Å²) in [5.41, 5.74) is 1.41. The molecule has 20 heavy (non-hydrogen) atoms. The van der Waals surface area contributed by atoms with Gasteiger partial charge in [-0.25, -0.2) is 0 Å². The Hall–Kier alpha value is -0.490. The average molecular weight is 475 g/mol. The van der Waals surface area contributed by atoms with Crippen molar-refractivity contribution >= 4 is 75.7 Å². The quantitative estimate of drug-likeness (QED) is 0.392. The zero-order valence-corrected chi connectivity index (χ0v) is 15.6. The van der Waals surface area contributed by atoms with Gasteiger partial charge in [0, 0.05) is 15.6 Å². The number of fused-ring (bicyclic) bond motifs is 1. The van der Waals surface area contributed by atoms with Gasteiger partial charge in [-0.1, -0.05) is 40.2 Å². The van der Waals surface area contributed by atoms with E-state index < -0.39 is 0 Å². The predicted molar refractivity (Wildman–Crippen MR) is 94.8 cm³/mol. The van der Waals surface area contributed by atoms with Gasteiger partial charge in [-0.05, 0) is 60.8 Å². The minimum absolute atomic E-state index is 0.0301. The molecule has 0 spiro atoms. The maximum absolute atomic E-state index is 12.7. The number of rotatable bonds is 2. The van der Waals surface area contributed by atoms with Crippen LogP contribution in [0.25, 0.3) is 10.8 Å². The van der Waals surface area contributed by atoms with Crippen LogP contribution in [0, 0.1) is 0 Å². The first-order valence-corrected chi connectivity index (χ1v) is 8.94. The Morgan fingerprint density at radius 1 is 0.900 bits per heavy atom. The molecule has 0 amide bonds. The number of benzene rings is 2. The molecular formula is C15H7Br3OS. The van der Waals surface area contributed by atoms with E-state index in [4.69, 9.17) is 0 Å². The van der Waals surface area contributed by atoms with Crippen LogP contribution in [-0.2, 0) is 0 Å². The van der Waals surface area contributed by atoms with Gasteiger partial charge in [0.2, 0.25) is 0 Å². The topological polar surface area (TPSA) is 17.1 Å². The van der Waals surface area contributed by atoms with E-state index in [1.807, 2.05) is 42.5 Å². The molecule has 3 aromatic rings. The molecule has 0 bridgehead atoms. The number of thiophene rings is 1. The van der Waals surface area contributed by atoms with Gasteiger partial charge < -0.3 is 0 Å². The summed E-state index contributed by atoms with van der Waals surface area (Å²) < 4.78 is 2.78. The van der Waals surface area contributed by atoms with Crippen LogP contribution in [0.5, 0.6) is 0 Å². The highest BCUT2D eigenvalue weighted by Crippen LogP contribution is 2.35. The molecule has 3 rings (SSSR count). The molecule has 0 atom stereocenters. The Morgan fingerprint density at radius 3 is 2.25 bits per heavy atom. The maximum Gasteiger partial charge on any atom is 0.195 e. The molecule has 0 N–H and O–H groups in total.